The molecular formula is C15H25NO2. The molecular weight excluding hydrogens is 226 g/mol. The van der Waals surface area contributed by atoms with E-state index in [0.29, 0.717) is 24.9 Å². The van der Waals surface area contributed by atoms with Gasteiger partial charge in [0.15, 0.2) is 0 Å². The fraction of sp³-hybridized carbons (Fsp3) is 0.667. The van der Waals surface area contributed by atoms with Crippen molar-refractivity contribution in [2.75, 3.05) is 0 Å². The van der Waals surface area contributed by atoms with Gasteiger partial charge in [0.1, 0.15) is 0 Å². The summed E-state index contributed by atoms with van der Waals surface area (Å²) in [5, 5.41) is 9.92. The number of aliphatic hydroxyl groups excluding tert-OH is 1. The first-order valence-electron chi connectivity index (χ1n) is 6.75. The Kier molecular flexibility index (Phi) is 5.60. The lowest BCUT2D eigenvalue weighted by Gasteiger charge is -2.27. The van der Waals surface area contributed by atoms with Crippen LogP contribution in [-0.2, 0) is 4.79 Å². The largest absolute Gasteiger partial charge is 0.392 e. The Morgan fingerprint density at radius 1 is 1.33 bits per heavy atom. The number of carbonyl (C=O) groups is 1. The molecule has 0 aromatic carbocycles. The van der Waals surface area contributed by atoms with Gasteiger partial charge in [-0.1, -0.05) is 12.2 Å². The van der Waals surface area contributed by atoms with Gasteiger partial charge in [-0.2, -0.15) is 0 Å². The van der Waals surface area contributed by atoms with Crippen LogP contribution in [-0.4, -0.2) is 34.1 Å². The van der Waals surface area contributed by atoms with Crippen LogP contribution >= 0.6 is 0 Å². The summed E-state index contributed by atoms with van der Waals surface area (Å²) in [5.74, 6) is 0.0182. The average molecular weight is 251 g/mol. The van der Waals surface area contributed by atoms with Crippen molar-refractivity contribution in [3.05, 3.63) is 25.3 Å². The molecule has 0 bridgehead atoms. The molecule has 0 radical (unpaired) electrons. The molecule has 0 aromatic heterocycles. The second kappa shape index (κ2) is 6.74. The third-order valence-corrected chi connectivity index (χ3v) is 3.88. The lowest BCUT2D eigenvalue weighted by molar-refractivity contribution is -0.134. The monoisotopic (exact) mass is 251 g/mol. The number of aliphatic hydroxyl groups is 1. The Morgan fingerprint density at radius 2 is 1.83 bits per heavy atom. The molecule has 1 saturated heterocycles. The molecule has 1 rings (SSSR count). The Bertz CT molecular complexity index is 296. The highest BCUT2D eigenvalue weighted by Crippen LogP contribution is 2.25. The van der Waals surface area contributed by atoms with E-state index in [2.05, 4.69) is 27.0 Å². The first-order valence-corrected chi connectivity index (χ1v) is 6.75. The summed E-state index contributed by atoms with van der Waals surface area (Å²) in [6.07, 6.45) is 5.81. The topological polar surface area (TPSA) is 40.5 Å². The van der Waals surface area contributed by atoms with Crippen LogP contribution in [0.4, 0.5) is 0 Å². The molecule has 0 aromatic rings. The number of carbonyl (C=O) groups excluding carboxylic acids is 1. The van der Waals surface area contributed by atoms with Crippen molar-refractivity contribution in [3.8, 4) is 0 Å². The molecule has 1 aliphatic rings. The maximum atomic E-state index is 12.1. The van der Waals surface area contributed by atoms with Gasteiger partial charge in [-0.05, 0) is 33.1 Å². The minimum absolute atomic E-state index is 0.133. The number of rotatable bonds is 6. The van der Waals surface area contributed by atoms with Gasteiger partial charge in [0, 0.05) is 24.4 Å². The summed E-state index contributed by atoms with van der Waals surface area (Å²) >= 11 is 0. The molecule has 3 heteroatoms. The van der Waals surface area contributed by atoms with Crippen molar-refractivity contribution in [3.63, 3.8) is 0 Å². The van der Waals surface area contributed by atoms with Gasteiger partial charge >= 0.3 is 0 Å². The Hall–Kier alpha value is -1.09. The van der Waals surface area contributed by atoms with E-state index in [-0.39, 0.29) is 11.8 Å². The molecule has 0 unspecified atom stereocenters. The van der Waals surface area contributed by atoms with Crippen LogP contribution < -0.4 is 0 Å². The van der Waals surface area contributed by atoms with E-state index in [0.717, 1.165) is 12.8 Å². The maximum Gasteiger partial charge on any atom is 0.223 e. The zero-order valence-corrected chi connectivity index (χ0v) is 11.5. The Balaban J connectivity index is 2.45. The van der Waals surface area contributed by atoms with Crippen LogP contribution in [0, 0.1) is 5.92 Å². The quantitative estimate of drug-likeness (QED) is 0.737. The molecule has 1 heterocycles. The molecule has 0 saturated carbocycles. The SMILES string of the molecule is C=CC(C=C)[C@@H](O)CCC(=O)N1[C@@H](C)CC[C@@H]1C. The summed E-state index contributed by atoms with van der Waals surface area (Å²) in [6.45, 7) is 11.5. The number of hydrogen-bond acceptors (Lipinski definition) is 2. The zero-order valence-electron chi connectivity index (χ0n) is 11.5. The summed E-state index contributed by atoms with van der Waals surface area (Å²) in [5.41, 5.74) is 0. The van der Waals surface area contributed by atoms with Gasteiger partial charge in [-0.15, -0.1) is 13.2 Å². The van der Waals surface area contributed by atoms with Crippen LogP contribution in [0.1, 0.15) is 39.5 Å². The number of hydrogen-bond donors (Lipinski definition) is 1. The Labute approximate surface area is 110 Å². The first kappa shape index (κ1) is 15.0. The van der Waals surface area contributed by atoms with Crippen LogP contribution in [0.15, 0.2) is 25.3 Å². The second-order valence-electron chi connectivity index (χ2n) is 5.23. The fourth-order valence-electron chi connectivity index (χ4n) is 2.69. The molecule has 3 atom stereocenters. The van der Waals surface area contributed by atoms with Gasteiger partial charge < -0.3 is 10.0 Å². The highest BCUT2D eigenvalue weighted by atomic mass is 16.3. The minimum Gasteiger partial charge on any atom is -0.392 e. The van der Waals surface area contributed by atoms with Crippen LogP contribution in [0.3, 0.4) is 0 Å². The summed E-state index contributed by atoms with van der Waals surface area (Å²) < 4.78 is 0. The zero-order chi connectivity index (χ0) is 13.7. The maximum absolute atomic E-state index is 12.1. The smallest absolute Gasteiger partial charge is 0.223 e. The molecule has 1 aliphatic heterocycles. The van der Waals surface area contributed by atoms with Crippen molar-refractivity contribution >= 4 is 5.91 Å². The summed E-state index contributed by atoms with van der Waals surface area (Å²) in [4.78, 5) is 14.1. The molecule has 18 heavy (non-hydrogen) atoms. The average Bonchev–Trinajstić information content (AvgIpc) is 2.67. The predicted molar refractivity (Wildman–Crippen MR) is 74.1 cm³/mol. The first-order chi connectivity index (χ1) is 8.51. The normalized spacial score (nSPS) is 25.2. The van der Waals surface area contributed by atoms with E-state index in [4.69, 9.17) is 0 Å². The van der Waals surface area contributed by atoms with Crippen molar-refractivity contribution in [2.45, 2.75) is 57.7 Å². The van der Waals surface area contributed by atoms with Crippen LogP contribution in [0.2, 0.25) is 0 Å². The third-order valence-electron chi connectivity index (χ3n) is 3.88. The fourth-order valence-corrected chi connectivity index (χ4v) is 2.69. The van der Waals surface area contributed by atoms with E-state index < -0.39 is 6.10 Å². The minimum atomic E-state index is -0.558. The third kappa shape index (κ3) is 3.45. The molecule has 0 spiro atoms. The number of amides is 1. The van der Waals surface area contributed by atoms with Crippen molar-refractivity contribution in [1.82, 2.24) is 4.90 Å². The summed E-state index contributed by atoms with van der Waals surface area (Å²) in [6, 6.07) is 0.665. The highest BCUT2D eigenvalue weighted by molar-refractivity contribution is 5.77. The van der Waals surface area contributed by atoms with E-state index in [9.17, 15) is 9.90 Å². The number of nitrogens with zero attached hydrogens (tertiary/aromatic N) is 1. The van der Waals surface area contributed by atoms with Gasteiger partial charge in [0.05, 0.1) is 6.10 Å². The van der Waals surface area contributed by atoms with Gasteiger partial charge in [-0.3, -0.25) is 4.79 Å². The second-order valence-corrected chi connectivity index (χ2v) is 5.23. The Morgan fingerprint density at radius 3 is 2.28 bits per heavy atom. The van der Waals surface area contributed by atoms with Crippen molar-refractivity contribution < 1.29 is 9.90 Å². The molecule has 1 amide bonds. The van der Waals surface area contributed by atoms with Gasteiger partial charge in [0.2, 0.25) is 5.91 Å². The molecule has 102 valence electrons. The van der Waals surface area contributed by atoms with E-state index in [1.807, 2.05) is 4.90 Å². The molecule has 3 nitrogen and oxygen atoms in total. The van der Waals surface area contributed by atoms with Crippen LogP contribution in [0.25, 0.3) is 0 Å². The van der Waals surface area contributed by atoms with Crippen molar-refractivity contribution in [1.29, 1.82) is 0 Å². The number of likely N-dealkylation sites (tertiary alicyclic amines) is 1. The highest BCUT2D eigenvalue weighted by Gasteiger charge is 2.31. The van der Waals surface area contributed by atoms with Gasteiger partial charge in [-0.25, -0.2) is 0 Å². The lowest BCUT2D eigenvalue weighted by atomic mass is 9.98. The van der Waals surface area contributed by atoms with Crippen LogP contribution in [0.5, 0.6) is 0 Å². The summed E-state index contributed by atoms with van der Waals surface area (Å²) in [7, 11) is 0. The molecule has 1 N–H and O–H groups in total. The van der Waals surface area contributed by atoms with E-state index in [1.165, 1.54) is 0 Å². The van der Waals surface area contributed by atoms with Crippen molar-refractivity contribution in [2.24, 2.45) is 5.92 Å². The lowest BCUT2D eigenvalue weighted by Crippen LogP contribution is -2.39. The molecule has 1 fully saturated rings. The van der Waals surface area contributed by atoms with E-state index in [1.54, 1.807) is 12.2 Å². The van der Waals surface area contributed by atoms with Gasteiger partial charge in [0.25, 0.3) is 0 Å². The molecule has 0 aliphatic carbocycles. The predicted octanol–water partition coefficient (Wildman–Crippen LogP) is 2.52. The standard InChI is InChI=1S/C15H25NO2/c1-5-13(6-2)14(17)9-10-15(18)16-11(3)7-8-12(16)4/h5-6,11-14,17H,1-2,7-10H2,3-4H3/t11-,12-,14-/m0/s1. The van der Waals surface area contributed by atoms with E-state index >= 15 is 0 Å².